The Morgan fingerprint density at radius 2 is 1.67 bits per heavy atom. The summed E-state index contributed by atoms with van der Waals surface area (Å²) in [5, 5.41) is 11.1. The van der Waals surface area contributed by atoms with Crippen molar-refractivity contribution in [1.29, 1.82) is 0 Å². The second-order valence-corrected chi connectivity index (χ2v) is 8.91. The van der Waals surface area contributed by atoms with Gasteiger partial charge in [0.2, 0.25) is 0 Å². The van der Waals surface area contributed by atoms with Crippen LogP contribution in [0.4, 0.5) is 0 Å². The van der Waals surface area contributed by atoms with Gasteiger partial charge in [-0.05, 0) is 56.0 Å². The van der Waals surface area contributed by atoms with Gasteiger partial charge in [-0.15, -0.1) is 0 Å². The topological polar surface area (TPSA) is 76.1 Å². The van der Waals surface area contributed by atoms with E-state index in [1.54, 1.807) is 24.3 Å². The predicted octanol–water partition coefficient (Wildman–Crippen LogP) is 4.96. The van der Waals surface area contributed by atoms with Crippen molar-refractivity contribution in [3.05, 3.63) is 71.3 Å². The van der Waals surface area contributed by atoms with Crippen molar-refractivity contribution in [3.8, 4) is 5.75 Å². The van der Waals surface area contributed by atoms with Crippen molar-refractivity contribution in [2.75, 3.05) is 19.8 Å². The van der Waals surface area contributed by atoms with Gasteiger partial charge in [0.1, 0.15) is 11.5 Å². The van der Waals surface area contributed by atoms with Gasteiger partial charge in [-0.2, -0.15) is 0 Å². The molecule has 1 unspecified atom stereocenters. The lowest BCUT2D eigenvalue weighted by molar-refractivity contribution is -0.140. The number of ketones is 1. The Kier molecular flexibility index (Phi) is 8.28. The summed E-state index contributed by atoms with van der Waals surface area (Å²) in [6.45, 7) is 9.47. The molecule has 1 aliphatic heterocycles. The summed E-state index contributed by atoms with van der Waals surface area (Å²) < 4.78 is 11.3. The normalized spacial score (nSPS) is 17.9. The number of carbonyl (C=O) groups excluding carboxylic acids is 2. The first-order valence-corrected chi connectivity index (χ1v) is 11.5. The molecule has 1 fully saturated rings. The zero-order chi connectivity index (χ0) is 24.0. The molecule has 2 aromatic rings. The molecule has 1 saturated heterocycles. The average molecular weight is 452 g/mol. The first-order valence-electron chi connectivity index (χ1n) is 11.5. The molecular weight excluding hydrogens is 418 g/mol. The molecule has 0 saturated carbocycles. The molecular formula is C27H33NO5. The molecule has 1 heterocycles. The summed E-state index contributed by atoms with van der Waals surface area (Å²) >= 11 is 0. The first kappa shape index (κ1) is 24.5. The second kappa shape index (κ2) is 11.1. The van der Waals surface area contributed by atoms with E-state index >= 15 is 0 Å². The maximum absolute atomic E-state index is 13.0. The lowest BCUT2D eigenvalue weighted by Gasteiger charge is -2.25. The minimum atomic E-state index is -0.675. The molecule has 1 amide bonds. The number of hydrogen-bond donors (Lipinski definition) is 1. The third kappa shape index (κ3) is 6.02. The highest BCUT2D eigenvalue weighted by atomic mass is 16.5. The quantitative estimate of drug-likeness (QED) is 0.239. The SMILES string of the molecule is CC(C)COc1ccc(/C(O)=C2/C(=O)C(=O)N(CCCOC(C)C)C2c2ccccc2)cc1. The number of rotatable bonds is 10. The molecule has 1 aliphatic rings. The summed E-state index contributed by atoms with van der Waals surface area (Å²) in [5.74, 6) is -0.381. The molecule has 0 aromatic heterocycles. The van der Waals surface area contributed by atoms with Crippen LogP contribution in [-0.4, -0.2) is 47.6 Å². The van der Waals surface area contributed by atoms with Crippen LogP contribution in [0.2, 0.25) is 0 Å². The zero-order valence-corrected chi connectivity index (χ0v) is 19.8. The largest absolute Gasteiger partial charge is 0.507 e. The number of aliphatic hydroxyl groups is 1. The highest BCUT2D eigenvalue weighted by Gasteiger charge is 2.45. The van der Waals surface area contributed by atoms with Gasteiger partial charge >= 0.3 is 0 Å². The number of carbonyl (C=O) groups is 2. The Balaban J connectivity index is 1.93. The third-order valence-corrected chi connectivity index (χ3v) is 5.36. The van der Waals surface area contributed by atoms with Crippen molar-refractivity contribution >= 4 is 17.4 Å². The van der Waals surface area contributed by atoms with Crippen LogP contribution in [0.25, 0.3) is 5.76 Å². The number of nitrogens with zero attached hydrogens (tertiary/aromatic N) is 1. The monoisotopic (exact) mass is 451 g/mol. The van der Waals surface area contributed by atoms with Crippen molar-refractivity contribution in [1.82, 2.24) is 4.90 Å². The predicted molar refractivity (Wildman–Crippen MR) is 128 cm³/mol. The van der Waals surface area contributed by atoms with Crippen LogP contribution < -0.4 is 4.74 Å². The number of ether oxygens (including phenoxy) is 2. The van der Waals surface area contributed by atoms with E-state index in [4.69, 9.17) is 9.47 Å². The number of benzene rings is 2. The molecule has 33 heavy (non-hydrogen) atoms. The number of aliphatic hydroxyl groups excluding tert-OH is 1. The molecule has 6 nitrogen and oxygen atoms in total. The van der Waals surface area contributed by atoms with E-state index < -0.39 is 17.7 Å². The highest BCUT2D eigenvalue weighted by molar-refractivity contribution is 6.46. The average Bonchev–Trinajstić information content (AvgIpc) is 3.05. The summed E-state index contributed by atoms with van der Waals surface area (Å²) in [7, 11) is 0. The maximum Gasteiger partial charge on any atom is 0.295 e. The number of Topliss-reactive ketones (excluding diaryl/α,β-unsaturated/α-hetero) is 1. The van der Waals surface area contributed by atoms with Gasteiger partial charge < -0.3 is 19.5 Å². The Morgan fingerprint density at radius 1 is 1.00 bits per heavy atom. The Labute approximate surface area is 195 Å². The number of amides is 1. The van der Waals surface area contributed by atoms with Gasteiger partial charge in [0.25, 0.3) is 11.7 Å². The maximum atomic E-state index is 13.0. The van der Waals surface area contributed by atoms with E-state index in [0.717, 1.165) is 5.56 Å². The van der Waals surface area contributed by atoms with Gasteiger partial charge in [0.15, 0.2) is 0 Å². The summed E-state index contributed by atoms with van der Waals surface area (Å²) in [6.07, 6.45) is 0.689. The minimum absolute atomic E-state index is 0.0952. The molecule has 0 spiro atoms. The fourth-order valence-corrected chi connectivity index (χ4v) is 3.77. The van der Waals surface area contributed by atoms with Crippen molar-refractivity contribution in [3.63, 3.8) is 0 Å². The smallest absolute Gasteiger partial charge is 0.295 e. The third-order valence-electron chi connectivity index (χ3n) is 5.36. The Hall–Kier alpha value is -3.12. The van der Waals surface area contributed by atoms with Gasteiger partial charge in [-0.3, -0.25) is 9.59 Å². The minimum Gasteiger partial charge on any atom is -0.507 e. The number of hydrogen-bond acceptors (Lipinski definition) is 5. The molecule has 1 atom stereocenters. The molecule has 1 N–H and O–H groups in total. The second-order valence-electron chi connectivity index (χ2n) is 8.91. The van der Waals surface area contributed by atoms with Gasteiger partial charge in [-0.25, -0.2) is 0 Å². The van der Waals surface area contributed by atoms with Crippen LogP contribution in [0.5, 0.6) is 5.75 Å². The van der Waals surface area contributed by atoms with Crippen molar-refractivity contribution in [2.45, 2.75) is 46.3 Å². The molecule has 0 aliphatic carbocycles. The summed E-state index contributed by atoms with van der Waals surface area (Å²) in [4.78, 5) is 27.5. The van der Waals surface area contributed by atoms with Crippen molar-refractivity contribution < 1.29 is 24.2 Å². The summed E-state index contributed by atoms with van der Waals surface area (Å²) in [5.41, 5.74) is 1.35. The fourth-order valence-electron chi connectivity index (χ4n) is 3.77. The molecule has 176 valence electrons. The van der Waals surface area contributed by atoms with Crippen LogP contribution >= 0.6 is 0 Å². The standard InChI is InChI=1S/C27H33NO5/c1-18(2)17-33-22-13-11-21(12-14-22)25(29)23-24(20-9-6-5-7-10-20)28(27(31)26(23)30)15-8-16-32-19(3)4/h5-7,9-14,18-19,24,29H,8,15-17H2,1-4H3/b25-23-. The van der Waals surface area contributed by atoms with Gasteiger partial charge in [0.05, 0.1) is 24.3 Å². The number of likely N-dealkylation sites (tertiary alicyclic amines) is 1. The fraction of sp³-hybridized carbons (Fsp3) is 0.407. The Morgan fingerprint density at radius 3 is 2.27 bits per heavy atom. The van der Waals surface area contributed by atoms with Crippen LogP contribution in [0, 0.1) is 5.92 Å². The highest BCUT2D eigenvalue weighted by Crippen LogP contribution is 2.39. The molecule has 2 aromatic carbocycles. The van der Waals surface area contributed by atoms with Crippen molar-refractivity contribution in [2.24, 2.45) is 5.92 Å². The van der Waals surface area contributed by atoms with E-state index in [1.165, 1.54) is 4.90 Å². The van der Waals surface area contributed by atoms with Gasteiger partial charge in [0, 0.05) is 18.7 Å². The Bertz CT molecular complexity index is 979. The summed E-state index contributed by atoms with van der Waals surface area (Å²) in [6, 6.07) is 15.6. The molecule has 0 bridgehead atoms. The van der Waals surface area contributed by atoms with Crippen LogP contribution in [0.15, 0.2) is 60.2 Å². The lowest BCUT2D eigenvalue weighted by atomic mass is 9.95. The van der Waals surface area contributed by atoms with Crippen LogP contribution in [0.1, 0.15) is 51.3 Å². The van der Waals surface area contributed by atoms with E-state index in [0.29, 0.717) is 43.4 Å². The van der Waals surface area contributed by atoms with Crippen LogP contribution in [-0.2, 0) is 14.3 Å². The zero-order valence-electron chi connectivity index (χ0n) is 19.8. The van der Waals surface area contributed by atoms with E-state index in [-0.39, 0.29) is 17.4 Å². The molecule has 3 rings (SSSR count). The molecule has 0 radical (unpaired) electrons. The van der Waals surface area contributed by atoms with Gasteiger partial charge in [-0.1, -0.05) is 44.2 Å². The first-order chi connectivity index (χ1) is 15.8. The van der Waals surface area contributed by atoms with E-state index in [9.17, 15) is 14.7 Å². The molecule has 6 heteroatoms. The van der Waals surface area contributed by atoms with E-state index in [2.05, 4.69) is 13.8 Å². The van der Waals surface area contributed by atoms with E-state index in [1.807, 2.05) is 44.2 Å². The van der Waals surface area contributed by atoms with Crippen LogP contribution in [0.3, 0.4) is 0 Å². The lowest BCUT2D eigenvalue weighted by Crippen LogP contribution is -2.31.